The summed E-state index contributed by atoms with van der Waals surface area (Å²) in [7, 11) is 0. The van der Waals surface area contributed by atoms with Crippen molar-refractivity contribution in [2.75, 3.05) is 11.9 Å². The minimum Gasteiger partial charge on any atom is -0.382 e. The van der Waals surface area contributed by atoms with Gasteiger partial charge in [-0.2, -0.15) is 0 Å². The van der Waals surface area contributed by atoms with Crippen LogP contribution in [0.25, 0.3) is 11.1 Å². The molecule has 3 rings (SSSR count). The van der Waals surface area contributed by atoms with Crippen LogP contribution in [0, 0.1) is 12.3 Å². The summed E-state index contributed by atoms with van der Waals surface area (Å²) in [5, 5.41) is 11.5. The van der Waals surface area contributed by atoms with Crippen LogP contribution >= 0.6 is 0 Å². The zero-order valence-corrected chi connectivity index (χ0v) is 15.3. The summed E-state index contributed by atoms with van der Waals surface area (Å²) >= 11 is 0. The first-order valence-electron chi connectivity index (χ1n) is 8.86. The van der Waals surface area contributed by atoms with Gasteiger partial charge in [-0.15, -0.1) is 0 Å². The molecular weight excluding hydrogens is 338 g/mol. The Bertz CT molecular complexity index is 978. The van der Waals surface area contributed by atoms with Crippen LogP contribution in [0.2, 0.25) is 0 Å². The molecule has 138 valence electrons. The van der Waals surface area contributed by atoms with Gasteiger partial charge in [0.1, 0.15) is 0 Å². The Labute approximate surface area is 158 Å². The highest BCUT2D eigenvalue weighted by Crippen LogP contribution is 2.20. The lowest BCUT2D eigenvalue weighted by Crippen LogP contribution is -2.33. The SMILES string of the molecule is Cc1ccc(CCCNc2cc(-c3ccccc3)cn(C(N)=O)c2=N)cn1. The largest absolute Gasteiger partial charge is 0.382 e. The molecule has 1 amide bonds. The molecule has 0 bridgehead atoms. The summed E-state index contributed by atoms with van der Waals surface area (Å²) in [5.41, 5.74) is 10.1. The van der Waals surface area contributed by atoms with Gasteiger partial charge in [0, 0.05) is 30.2 Å². The Hall–Kier alpha value is -3.41. The maximum atomic E-state index is 11.7. The number of nitrogens with one attached hydrogen (secondary N) is 2. The number of carbonyl (C=O) groups excluding carboxylic acids is 1. The van der Waals surface area contributed by atoms with E-state index in [4.69, 9.17) is 11.1 Å². The number of pyridine rings is 2. The van der Waals surface area contributed by atoms with Gasteiger partial charge in [0.15, 0.2) is 5.49 Å². The van der Waals surface area contributed by atoms with Crippen molar-refractivity contribution in [1.82, 2.24) is 9.55 Å². The smallest absolute Gasteiger partial charge is 0.324 e. The summed E-state index contributed by atoms with van der Waals surface area (Å²) in [5.74, 6) is 0. The van der Waals surface area contributed by atoms with E-state index in [1.807, 2.05) is 55.6 Å². The van der Waals surface area contributed by atoms with E-state index in [0.29, 0.717) is 12.2 Å². The van der Waals surface area contributed by atoms with Crippen LogP contribution in [-0.4, -0.2) is 22.1 Å². The lowest BCUT2D eigenvalue weighted by Gasteiger charge is -2.13. The number of benzene rings is 1. The number of rotatable bonds is 6. The van der Waals surface area contributed by atoms with Crippen molar-refractivity contribution in [2.45, 2.75) is 19.8 Å². The molecule has 0 atom stereocenters. The molecule has 6 nitrogen and oxygen atoms in total. The van der Waals surface area contributed by atoms with Crippen LogP contribution in [0.1, 0.15) is 17.7 Å². The molecule has 0 aliphatic heterocycles. The molecule has 1 aromatic carbocycles. The normalized spacial score (nSPS) is 10.6. The highest BCUT2D eigenvalue weighted by atomic mass is 16.2. The van der Waals surface area contributed by atoms with Crippen LogP contribution in [-0.2, 0) is 6.42 Å². The number of hydrogen-bond acceptors (Lipinski definition) is 4. The molecule has 0 aliphatic rings. The van der Waals surface area contributed by atoms with E-state index < -0.39 is 6.03 Å². The number of hydrogen-bond donors (Lipinski definition) is 3. The molecule has 27 heavy (non-hydrogen) atoms. The van der Waals surface area contributed by atoms with E-state index in [2.05, 4.69) is 16.4 Å². The molecule has 0 radical (unpaired) electrons. The molecule has 0 unspecified atom stereocenters. The van der Waals surface area contributed by atoms with Gasteiger partial charge in [-0.25, -0.2) is 4.79 Å². The lowest BCUT2D eigenvalue weighted by atomic mass is 10.1. The second-order valence-corrected chi connectivity index (χ2v) is 6.40. The number of carbonyl (C=O) groups is 1. The predicted molar refractivity (Wildman–Crippen MR) is 106 cm³/mol. The van der Waals surface area contributed by atoms with E-state index in [9.17, 15) is 4.79 Å². The fraction of sp³-hybridized carbons (Fsp3) is 0.190. The van der Waals surface area contributed by atoms with Crippen LogP contribution in [0.5, 0.6) is 0 Å². The molecule has 0 spiro atoms. The average molecular weight is 361 g/mol. The van der Waals surface area contributed by atoms with E-state index in [-0.39, 0.29) is 5.49 Å². The van der Waals surface area contributed by atoms with Gasteiger partial charge < -0.3 is 11.1 Å². The van der Waals surface area contributed by atoms with E-state index in [1.165, 1.54) is 5.56 Å². The number of nitrogens with two attached hydrogens (primary N) is 1. The molecule has 3 aromatic rings. The second kappa shape index (κ2) is 8.31. The number of nitrogens with zero attached hydrogens (tertiary/aromatic N) is 2. The minimum absolute atomic E-state index is 0.0548. The topological polar surface area (TPSA) is 96.8 Å². The van der Waals surface area contributed by atoms with Crippen molar-refractivity contribution >= 4 is 11.7 Å². The Balaban J connectivity index is 1.75. The van der Waals surface area contributed by atoms with E-state index in [0.717, 1.165) is 34.2 Å². The van der Waals surface area contributed by atoms with Crippen molar-refractivity contribution in [3.63, 3.8) is 0 Å². The third-order valence-corrected chi connectivity index (χ3v) is 4.34. The highest BCUT2D eigenvalue weighted by Gasteiger charge is 2.09. The van der Waals surface area contributed by atoms with Crippen molar-refractivity contribution in [3.05, 3.63) is 77.7 Å². The maximum Gasteiger partial charge on any atom is 0.324 e. The standard InChI is InChI=1S/C21H23N5O/c1-15-9-10-16(13-25-15)6-5-11-24-19-12-18(17-7-3-2-4-8-17)14-26(20(19)22)21(23)27/h2-4,7-10,12-14,22,24H,5-6,11H2,1H3,(H2,23,27). The molecule has 0 saturated carbocycles. The van der Waals surface area contributed by atoms with E-state index >= 15 is 0 Å². The van der Waals surface area contributed by atoms with Gasteiger partial charge in [-0.3, -0.25) is 15.0 Å². The Morgan fingerprint density at radius 2 is 1.96 bits per heavy atom. The van der Waals surface area contributed by atoms with Gasteiger partial charge in [0.25, 0.3) is 0 Å². The van der Waals surface area contributed by atoms with Crippen molar-refractivity contribution in [1.29, 1.82) is 5.41 Å². The van der Waals surface area contributed by atoms with Crippen LogP contribution < -0.4 is 16.5 Å². The predicted octanol–water partition coefficient (Wildman–Crippen LogP) is 3.31. The summed E-state index contributed by atoms with van der Waals surface area (Å²) in [6.45, 7) is 2.64. The molecule has 0 aliphatic carbocycles. The number of primary amides is 1. The molecule has 4 N–H and O–H groups in total. The van der Waals surface area contributed by atoms with Gasteiger partial charge in [-0.05, 0) is 43.0 Å². The van der Waals surface area contributed by atoms with Crippen LogP contribution in [0.4, 0.5) is 10.5 Å². The van der Waals surface area contributed by atoms with Crippen LogP contribution in [0.15, 0.2) is 60.9 Å². The molecule has 2 heterocycles. The fourth-order valence-electron chi connectivity index (χ4n) is 2.85. The Morgan fingerprint density at radius 3 is 2.63 bits per heavy atom. The van der Waals surface area contributed by atoms with Gasteiger partial charge in [-0.1, -0.05) is 36.4 Å². The summed E-state index contributed by atoms with van der Waals surface area (Å²) < 4.78 is 1.16. The zero-order valence-electron chi connectivity index (χ0n) is 15.3. The molecule has 6 heteroatoms. The molecule has 0 saturated heterocycles. The Kier molecular flexibility index (Phi) is 5.66. The first-order valence-corrected chi connectivity index (χ1v) is 8.86. The third kappa shape index (κ3) is 4.61. The Morgan fingerprint density at radius 1 is 1.19 bits per heavy atom. The number of aromatic nitrogens is 2. The van der Waals surface area contributed by atoms with Crippen molar-refractivity contribution in [3.8, 4) is 11.1 Å². The molecule has 0 fully saturated rings. The van der Waals surface area contributed by atoms with Crippen LogP contribution in [0.3, 0.4) is 0 Å². The van der Waals surface area contributed by atoms with E-state index in [1.54, 1.807) is 6.20 Å². The maximum absolute atomic E-state index is 11.7. The zero-order chi connectivity index (χ0) is 19.2. The lowest BCUT2D eigenvalue weighted by molar-refractivity contribution is 0.249. The first-order chi connectivity index (χ1) is 13.0. The number of anilines is 1. The summed E-state index contributed by atoms with van der Waals surface area (Å²) in [4.78, 5) is 16.0. The minimum atomic E-state index is -0.674. The summed E-state index contributed by atoms with van der Waals surface area (Å²) in [6.07, 6.45) is 5.27. The third-order valence-electron chi connectivity index (χ3n) is 4.34. The monoisotopic (exact) mass is 361 g/mol. The van der Waals surface area contributed by atoms with Crippen molar-refractivity contribution in [2.24, 2.45) is 5.73 Å². The fourth-order valence-corrected chi connectivity index (χ4v) is 2.85. The van der Waals surface area contributed by atoms with Gasteiger partial charge in [0.05, 0.1) is 5.69 Å². The first kappa shape index (κ1) is 18.4. The van der Waals surface area contributed by atoms with Gasteiger partial charge in [0.2, 0.25) is 0 Å². The van der Waals surface area contributed by atoms with Crippen molar-refractivity contribution < 1.29 is 4.79 Å². The highest BCUT2D eigenvalue weighted by molar-refractivity contribution is 5.78. The average Bonchev–Trinajstić information content (AvgIpc) is 2.68. The molecule has 2 aromatic heterocycles. The summed E-state index contributed by atoms with van der Waals surface area (Å²) in [6, 6.07) is 15.0. The van der Waals surface area contributed by atoms with Gasteiger partial charge >= 0.3 is 6.03 Å². The second-order valence-electron chi connectivity index (χ2n) is 6.40. The quantitative estimate of drug-likeness (QED) is 0.588. The number of aryl methyl sites for hydroxylation is 2. The molecular formula is C21H23N5O. The number of amides is 1.